The molecule has 0 spiro atoms. The van der Waals surface area contributed by atoms with E-state index in [4.69, 9.17) is 0 Å². The summed E-state index contributed by atoms with van der Waals surface area (Å²) < 4.78 is 0. The van der Waals surface area contributed by atoms with Crippen molar-refractivity contribution in [3.63, 3.8) is 0 Å². The number of amides is 3. The largest absolute Gasteiger partial charge is 0.292 e. The van der Waals surface area contributed by atoms with Crippen LogP contribution in [0.1, 0.15) is 60.4 Å². The maximum atomic E-state index is 14.4. The van der Waals surface area contributed by atoms with Crippen LogP contribution in [0.15, 0.2) is 97.1 Å². The summed E-state index contributed by atoms with van der Waals surface area (Å²) in [7, 11) is 0. The van der Waals surface area contributed by atoms with Gasteiger partial charge in [0.2, 0.25) is 0 Å². The Labute approximate surface area is 246 Å². The molecule has 0 saturated carbocycles. The molecule has 0 N–H and O–H groups in total. The van der Waals surface area contributed by atoms with Crippen LogP contribution in [0.4, 0.5) is 5.69 Å². The van der Waals surface area contributed by atoms with Crippen molar-refractivity contribution in [2.45, 2.75) is 18.8 Å². The molecule has 1 aliphatic heterocycles. The SMILES string of the molecule is Cc1ccc(C(=O)CN(C(=O)c2ccccc2[N+](=O)[O-])N2C(=O)[C@@H]3C4c5ccccc5C(c5ccccc54)[C@H]3C2=O)cc1. The average Bonchev–Trinajstić information content (AvgIpc) is 3.29. The van der Waals surface area contributed by atoms with E-state index in [-0.39, 0.29) is 11.1 Å². The Kier molecular flexibility index (Phi) is 6.05. The van der Waals surface area contributed by atoms with Gasteiger partial charge in [0.1, 0.15) is 12.1 Å². The van der Waals surface area contributed by atoms with Gasteiger partial charge in [-0.15, -0.1) is 0 Å². The highest BCUT2D eigenvalue weighted by molar-refractivity contribution is 6.11. The first-order valence-corrected chi connectivity index (χ1v) is 14.0. The van der Waals surface area contributed by atoms with E-state index in [2.05, 4.69) is 0 Å². The number of hydrazine groups is 1. The predicted molar refractivity (Wildman–Crippen MR) is 155 cm³/mol. The summed E-state index contributed by atoms with van der Waals surface area (Å²) in [4.78, 5) is 67.6. The Hall–Kier alpha value is -5.44. The van der Waals surface area contributed by atoms with Crippen molar-refractivity contribution < 1.29 is 24.1 Å². The zero-order valence-corrected chi connectivity index (χ0v) is 23.0. The van der Waals surface area contributed by atoms with Crippen molar-refractivity contribution in [2.24, 2.45) is 11.8 Å². The van der Waals surface area contributed by atoms with Crippen molar-refractivity contribution in [3.8, 4) is 0 Å². The lowest BCUT2D eigenvalue weighted by Gasteiger charge is -2.45. The molecule has 0 radical (unpaired) electrons. The minimum absolute atomic E-state index is 0.280. The number of para-hydroxylation sites is 1. The summed E-state index contributed by atoms with van der Waals surface area (Å²) in [5, 5.41) is 13.4. The molecule has 1 heterocycles. The van der Waals surface area contributed by atoms with Crippen molar-refractivity contribution in [1.82, 2.24) is 10.0 Å². The number of nitrogens with zero attached hydrogens (tertiary/aromatic N) is 3. The van der Waals surface area contributed by atoms with E-state index in [0.29, 0.717) is 0 Å². The van der Waals surface area contributed by atoms with E-state index >= 15 is 0 Å². The van der Waals surface area contributed by atoms with Gasteiger partial charge in [-0.3, -0.25) is 29.3 Å². The van der Waals surface area contributed by atoms with Gasteiger partial charge in [0.15, 0.2) is 5.78 Å². The second-order valence-corrected chi connectivity index (χ2v) is 11.2. The first-order chi connectivity index (χ1) is 20.8. The molecule has 3 amide bonds. The molecule has 1 saturated heterocycles. The van der Waals surface area contributed by atoms with E-state index in [1.165, 1.54) is 24.3 Å². The molecule has 2 atom stereocenters. The van der Waals surface area contributed by atoms with Gasteiger partial charge >= 0.3 is 0 Å². The van der Waals surface area contributed by atoms with E-state index in [1.54, 1.807) is 24.3 Å². The van der Waals surface area contributed by atoms with E-state index < -0.39 is 64.3 Å². The molecule has 4 aromatic carbocycles. The Bertz CT molecular complexity index is 1750. The Morgan fingerprint density at radius 3 is 1.70 bits per heavy atom. The third-order valence-electron chi connectivity index (χ3n) is 8.90. The normalized spacial score (nSPS) is 21.2. The summed E-state index contributed by atoms with van der Waals surface area (Å²) in [6.45, 7) is 1.21. The summed E-state index contributed by atoms with van der Waals surface area (Å²) in [6.07, 6.45) is 0. The topological polar surface area (TPSA) is 118 Å². The summed E-state index contributed by atoms with van der Waals surface area (Å²) >= 11 is 0. The first kappa shape index (κ1) is 26.5. The van der Waals surface area contributed by atoms with Crippen molar-refractivity contribution >= 4 is 29.2 Å². The number of carbonyl (C=O) groups excluding carboxylic acids is 4. The molecule has 3 aliphatic carbocycles. The summed E-state index contributed by atoms with van der Waals surface area (Å²) in [5.41, 5.74) is 4.23. The number of Topliss-reactive ketones (excluding diaryl/α,β-unsaturated/α-hetero) is 1. The van der Waals surface area contributed by atoms with Crippen LogP contribution in [0.2, 0.25) is 0 Å². The number of rotatable bonds is 6. The molecule has 43 heavy (non-hydrogen) atoms. The van der Waals surface area contributed by atoms with Gasteiger partial charge in [0.05, 0.1) is 16.8 Å². The van der Waals surface area contributed by atoms with Crippen LogP contribution in [0.3, 0.4) is 0 Å². The second-order valence-electron chi connectivity index (χ2n) is 11.2. The van der Waals surface area contributed by atoms with Crippen LogP contribution >= 0.6 is 0 Å². The van der Waals surface area contributed by atoms with Crippen LogP contribution in [0.25, 0.3) is 0 Å². The predicted octanol–water partition coefficient (Wildman–Crippen LogP) is 5.04. The molecule has 0 unspecified atom stereocenters. The van der Waals surface area contributed by atoms with Gasteiger partial charge in [0.25, 0.3) is 23.4 Å². The van der Waals surface area contributed by atoms with Gasteiger partial charge in [0, 0.05) is 23.5 Å². The molecule has 4 aromatic rings. The van der Waals surface area contributed by atoms with Gasteiger partial charge in [-0.2, -0.15) is 5.01 Å². The van der Waals surface area contributed by atoms with Crippen LogP contribution < -0.4 is 0 Å². The Balaban J connectivity index is 1.35. The van der Waals surface area contributed by atoms with Crippen LogP contribution in [-0.4, -0.2) is 45.0 Å². The van der Waals surface area contributed by atoms with Gasteiger partial charge in [-0.1, -0.05) is 90.5 Å². The molecule has 0 aromatic heterocycles. The molecule has 4 aliphatic rings. The maximum Gasteiger partial charge on any atom is 0.282 e. The quantitative estimate of drug-likeness (QED) is 0.139. The summed E-state index contributed by atoms with van der Waals surface area (Å²) in [5.74, 6) is -5.11. The zero-order chi connectivity index (χ0) is 30.0. The van der Waals surface area contributed by atoms with Crippen molar-refractivity contribution in [2.75, 3.05) is 6.54 Å². The van der Waals surface area contributed by atoms with Gasteiger partial charge in [-0.25, -0.2) is 5.01 Å². The van der Waals surface area contributed by atoms with Crippen molar-refractivity contribution in [3.05, 3.63) is 146 Å². The molecule has 2 bridgehead atoms. The lowest BCUT2D eigenvalue weighted by molar-refractivity contribution is -0.385. The maximum absolute atomic E-state index is 14.4. The number of hydrogen-bond donors (Lipinski definition) is 0. The van der Waals surface area contributed by atoms with E-state index in [1.807, 2.05) is 55.5 Å². The summed E-state index contributed by atoms with van der Waals surface area (Å²) in [6, 6.07) is 27.5. The monoisotopic (exact) mass is 571 g/mol. The number of imide groups is 1. The fourth-order valence-electron chi connectivity index (χ4n) is 7.05. The minimum Gasteiger partial charge on any atom is -0.292 e. The number of ketones is 1. The Morgan fingerprint density at radius 2 is 1.21 bits per heavy atom. The molecular weight excluding hydrogens is 546 g/mol. The molecule has 8 rings (SSSR count). The number of carbonyl (C=O) groups is 4. The molecule has 212 valence electrons. The van der Waals surface area contributed by atoms with Gasteiger partial charge in [-0.05, 0) is 35.2 Å². The highest BCUT2D eigenvalue weighted by Gasteiger charge is 2.63. The third-order valence-corrected chi connectivity index (χ3v) is 8.90. The van der Waals surface area contributed by atoms with Crippen LogP contribution in [-0.2, 0) is 9.59 Å². The number of nitro benzene ring substituents is 1. The standard InChI is InChI=1S/C34H25N3O6/c1-19-14-16-20(17-15-19)27(38)18-35(32(39)25-12-6-7-13-26(25)37(42)43)36-33(40)30-28-21-8-2-3-9-22(21)29(31(30)34(36)41)24-11-5-4-10-23(24)28/h2-17,28-31H,18H2,1H3/t28?,29?,30-,31-/m1/s1. The van der Waals surface area contributed by atoms with E-state index in [9.17, 15) is 29.3 Å². The van der Waals surface area contributed by atoms with E-state index in [0.717, 1.165) is 37.8 Å². The third kappa shape index (κ3) is 3.92. The number of aryl methyl sites for hydroxylation is 1. The second kappa shape index (κ2) is 9.84. The molecule has 9 nitrogen and oxygen atoms in total. The van der Waals surface area contributed by atoms with Crippen LogP contribution in [0.5, 0.6) is 0 Å². The van der Waals surface area contributed by atoms with Crippen LogP contribution in [0, 0.1) is 28.9 Å². The number of nitro groups is 1. The smallest absolute Gasteiger partial charge is 0.282 e. The first-order valence-electron chi connectivity index (χ1n) is 14.0. The van der Waals surface area contributed by atoms with Gasteiger partial charge < -0.3 is 0 Å². The van der Waals surface area contributed by atoms with Crippen molar-refractivity contribution in [1.29, 1.82) is 0 Å². The fourth-order valence-corrected chi connectivity index (χ4v) is 7.05. The lowest BCUT2D eigenvalue weighted by atomic mass is 9.55. The minimum atomic E-state index is -0.976. The molecule has 9 heteroatoms. The Morgan fingerprint density at radius 1 is 0.744 bits per heavy atom. The lowest BCUT2D eigenvalue weighted by Crippen LogP contribution is -2.52. The number of benzene rings is 4. The fraction of sp³-hybridized carbons (Fsp3) is 0.176. The number of hydrogen-bond acceptors (Lipinski definition) is 6. The molecule has 1 fully saturated rings. The average molecular weight is 572 g/mol. The highest BCUT2D eigenvalue weighted by Crippen LogP contribution is 2.61. The zero-order valence-electron chi connectivity index (χ0n) is 23.0. The molecular formula is C34H25N3O6. The highest BCUT2D eigenvalue weighted by atomic mass is 16.6.